The SMILES string of the molecule is Br.CCCCCCCCCCCCCCCC[N+](C)(C)CC(=O)[O-]. The Morgan fingerprint density at radius 3 is 1.38 bits per heavy atom. The Hall–Kier alpha value is -0.0900. The average molecular weight is 408 g/mol. The maximum Gasteiger partial charge on any atom is 0.119 e. The van der Waals surface area contributed by atoms with Crippen molar-refractivity contribution in [2.24, 2.45) is 0 Å². The van der Waals surface area contributed by atoms with Gasteiger partial charge in [0.1, 0.15) is 6.54 Å². The Bertz CT molecular complexity index is 283. The van der Waals surface area contributed by atoms with E-state index in [1.54, 1.807) is 0 Å². The highest BCUT2D eigenvalue weighted by molar-refractivity contribution is 8.93. The van der Waals surface area contributed by atoms with Crippen LogP contribution in [0.4, 0.5) is 0 Å². The monoisotopic (exact) mass is 407 g/mol. The summed E-state index contributed by atoms with van der Waals surface area (Å²) in [5, 5.41) is 10.6. The number of carbonyl (C=O) groups excluding carboxylic acids is 1. The molecule has 0 saturated heterocycles. The summed E-state index contributed by atoms with van der Waals surface area (Å²) in [6.45, 7) is 3.33. The maximum absolute atomic E-state index is 10.6. The van der Waals surface area contributed by atoms with E-state index in [0.717, 1.165) is 13.0 Å². The minimum atomic E-state index is -0.944. The maximum atomic E-state index is 10.6. The molecule has 0 heterocycles. The van der Waals surface area contributed by atoms with Crippen LogP contribution in [0.15, 0.2) is 0 Å². The molecule has 0 atom stereocenters. The summed E-state index contributed by atoms with van der Waals surface area (Å²) in [7, 11) is 3.94. The van der Waals surface area contributed by atoms with Gasteiger partial charge in [-0.25, -0.2) is 0 Å². The Kier molecular flexibility index (Phi) is 19.3. The van der Waals surface area contributed by atoms with Gasteiger partial charge in [-0.15, -0.1) is 17.0 Å². The predicted octanol–water partition coefficient (Wildman–Crippen LogP) is 4.87. The molecule has 0 aliphatic carbocycles. The molecule has 146 valence electrons. The van der Waals surface area contributed by atoms with Gasteiger partial charge in [-0.05, 0) is 12.8 Å². The van der Waals surface area contributed by atoms with Gasteiger partial charge in [0, 0.05) is 0 Å². The van der Waals surface area contributed by atoms with Crippen molar-refractivity contribution >= 4 is 23.0 Å². The van der Waals surface area contributed by atoms with Crippen LogP contribution in [0, 0.1) is 0 Å². The first kappa shape index (κ1) is 26.1. The van der Waals surface area contributed by atoms with E-state index in [2.05, 4.69) is 6.92 Å². The van der Waals surface area contributed by atoms with Crippen LogP contribution in [0.25, 0.3) is 0 Å². The van der Waals surface area contributed by atoms with E-state index < -0.39 is 5.97 Å². The number of hydrogen-bond donors (Lipinski definition) is 0. The van der Waals surface area contributed by atoms with Crippen molar-refractivity contribution in [2.45, 2.75) is 96.8 Å². The van der Waals surface area contributed by atoms with Crippen molar-refractivity contribution in [1.29, 1.82) is 0 Å². The van der Waals surface area contributed by atoms with Crippen LogP contribution < -0.4 is 5.11 Å². The van der Waals surface area contributed by atoms with Crippen molar-refractivity contribution in [1.82, 2.24) is 0 Å². The van der Waals surface area contributed by atoms with E-state index in [4.69, 9.17) is 0 Å². The highest BCUT2D eigenvalue weighted by atomic mass is 79.9. The second-order valence-corrected chi connectivity index (χ2v) is 7.79. The predicted molar refractivity (Wildman–Crippen MR) is 107 cm³/mol. The minimum Gasteiger partial charge on any atom is -0.544 e. The molecule has 0 aliphatic heterocycles. The molecule has 24 heavy (non-hydrogen) atoms. The van der Waals surface area contributed by atoms with Gasteiger partial charge < -0.3 is 14.4 Å². The van der Waals surface area contributed by atoms with E-state index in [1.807, 2.05) is 14.1 Å². The number of unbranched alkanes of at least 4 members (excludes halogenated alkanes) is 13. The first-order chi connectivity index (χ1) is 11.0. The molecule has 0 saturated carbocycles. The summed E-state index contributed by atoms with van der Waals surface area (Å²) in [6.07, 6.45) is 19.0. The molecule has 0 amide bonds. The molecule has 0 spiro atoms. The number of likely N-dealkylation sites (N-methyl/N-ethyl adjacent to an activating group) is 1. The molecule has 0 N–H and O–H groups in total. The highest BCUT2D eigenvalue weighted by Crippen LogP contribution is 2.13. The summed E-state index contributed by atoms with van der Waals surface area (Å²) >= 11 is 0. The molecule has 0 rings (SSSR count). The lowest BCUT2D eigenvalue weighted by Gasteiger charge is -2.30. The van der Waals surface area contributed by atoms with Crippen molar-refractivity contribution < 1.29 is 14.4 Å². The molecule has 0 aromatic heterocycles. The molecule has 3 nitrogen and oxygen atoms in total. The summed E-state index contributed by atoms with van der Waals surface area (Å²) in [6, 6.07) is 0. The van der Waals surface area contributed by atoms with Crippen LogP contribution in [0.5, 0.6) is 0 Å². The molecule has 0 aliphatic rings. The molecule has 0 unspecified atom stereocenters. The molecule has 0 bridgehead atoms. The zero-order valence-electron chi connectivity index (χ0n) is 16.5. The topological polar surface area (TPSA) is 40.1 Å². The van der Waals surface area contributed by atoms with Gasteiger partial charge >= 0.3 is 0 Å². The lowest BCUT2D eigenvalue weighted by Crippen LogP contribution is -2.48. The first-order valence-electron chi connectivity index (χ1n) is 10.00. The molecular formula is C20H42BrNO2. The number of carboxylic acids is 1. The number of quaternary nitrogens is 1. The summed E-state index contributed by atoms with van der Waals surface area (Å²) in [5.74, 6) is -0.944. The summed E-state index contributed by atoms with van der Waals surface area (Å²) in [4.78, 5) is 10.6. The quantitative estimate of drug-likeness (QED) is 0.254. The lowest BCUT2D eigenvalue weighted by atomic mass is 10.0. The first-order valence-corrected chi connectivity index (χ1v) is 10.00. The molecule has 0 radical (unpaired) electrons. The lowest BCUT2D eigenvalue weighted by molar-refractivity contribution is -0.885. The van der Waals surface area contributed by atoms with E-state index in [0.29, 0.717) is 4.48 Å². The number of aliphatic carboxylic acids is 1. The minimum absolute atomic E-state index is 0. The third-order valence-electron chi connectivity index (χ3n) is 4.67. The van der Waals surface area contributed by atoms with Crippen molar-refractivity contribution in [3.05, 3.63) is 0 Å². The average Bonchev–Trinajstić information content (AvgIpc) is 2.46. The Balaban J connectivity index is 0. The van der Waals surface area contributed by atoms with Crippen LogP contribution in [-0.2, 0) is 4.79 Å². The molecular weight excluding hydrogens is 366 g/mol. The van der Waals surface area contributed by atoms with Crippen molar-refractivity contribution in [3.63, 3.8) is 0 Å². The Morgan fingerprint density at radius 2 is 1.04 bits per heavy atom. The molecule has 0 aromatic rings. The highest BCUT2D eigenvalue weighted by Gasteiger charge is 2.14. The van der Waals surface area contributed by atoms with Crippen LogP contribution in [-0.4, -0.2) is 37.6 Å². The zero-order chi connectivity index (χ0) is 17.4. The smallest absolute Gasteiger partial charge is 0.119 e. The van der Waals surface area contributed by atoms with Gasteiger partial charge in [0.15, 0.2) is 0 Å². The zero-order valence-corrected chi connectivity index (χ0v) is 18.2. The van der Waals surface area contributed by atoms with Gasteiger partial charge in [-0.1, -0.05) is 84.0 Å². The molecule has 4 heteroatoms. The molecule has 0 fully saturated rings. The van der Waals surface area contributed by atoms with Gasteiger partial charge in [-0.2, -0.15) is 0 Å². The third-order valence-corrected chi connectivity index (χ3v) is 4.67. The van der Waals surface area contributed by atoms with Crippen LogP contribution in [0.3, 0.4) is 0 Å². The Labute approximate surface area is 161 Å². The second kappa shape index (κ2) is 17.7. The van der Waals surface area contributed by atoms with Crippen LogP contribution >= 0.6 is 17.0 Å². The fourth-order valence-electron chi connectivity index (χ4n) is 3.16. The normalized spacial score (nSPS) is 11.3. The number of hydrogen-bond acceptors (Lipinski definition) is 2. The number of rotatable bonds is 17. The number of halogens is 1. The van der Waals surface area contributed by atoms with Gasteiger partial charge in [0.2, 0.25) is 0 Å². The van der Waals surface area contributed by atoms with Crippen LogP contribution in [0.2, 0.25) is 0 Å². The summed E-state index contributed by atoms with van der Waals surface area (Å²) < 4.78 is 0.542. The largest absolute Gasteiger partial charge is 0.544 e. The molecule has 0 aromatic carbocycles. The van der Waals surface area contributed by atoms with Gasteiger partial charge in [0.25, 0.3) is 0 Å². The standard InChI is InChI=1S/C20H41NO2.BrH/c1-4-5-6-7-8-9-10-11-12-13-14-15-16-17-18-21(2,3)19-20(22)23;/h4-19H2,1-3H3;1H. The van der Waals surface area contributed by atoms with Gasteiger partial charge in [0.05, 0.1) is 26.6 Å². The fraction of sp³-hybridized carbons (Fsp3) is 0.950. The Morgan fingerprint density at radius 1 is 0.708 bits per heavy atom. The van der Waals surface area contributed by atoms with E-state index >= 15 is 0 Å². The summed E-state index contributed by atoms with van der Waals surface area (Å²) in [5.41, 5.74) is 0. The number of carboxylic acid groups (broad SMARTS) is 1. The van der Waals surface area contributed by atoms with E-state index in [1.165, 1.54) is 83.5 Å². The van der Waals surface area contributed by atoms with Crippen LogP contribution in [0.1, 0.15) is 96.8 Å². The van der Waals surface area contributed by atoms with E-state index in [9.17, 15) is 9.90 Å². The van der Waals surface area contributed by atoms with Crippen molar-refractivity contribution in [3.8, 4) is 0 Å². The third kappa shape index (κ3) is 20.0. The van der Waals surface area contributed by atoms with E-state index in [-0.39, 0.29) is 23.5 Å². The fourth-order valence-corrected chi connectivity index (χ4v) is 3.16. The second-order valence-electron chi connectivity index (χ2n) is 7.79. The number of nitrogens with zero attached hydrogens (tertiary/aromatic N) is 1. The number of carbonyl (C=O) groups is 1. The van der Waals surface area contributed by atoms with Gasteiger partial charge in [-0.3, -0.25) is 0 Å². The van der Waals surface area contributed by atoms with Crippen molar-refractivity contribution in [2.75, 3.05) is 27.2 Å².